The van der Waals surface area contributed by atoms with Crippen molar-refractivity contribution in [3.8, 4) is 0 Å². The number of halogens is 1. The molecular weight excluding hydrogens is 297 g/mol. The maximum Gasteiger partial charge on any atom is 0.219 e. The molecule has 6 heteroatoms. The van der Waals surface area contributed by atoms with Crippen molar-refractivity contribution in [2.75, 3.05) is 31.1 Å². The van der Waals surface area contributed by atoms with E-state index in [1.54, 1.807) is 24.1 Å². The summed E-state index contributed by atoms with van der Waals surface area (Å²) in [6.07, 6.45) is 1.74. The van der Waals surface area contributed by atoms with Crippen LogP contribution in [0.4, 0.5) is 10.1 Å². The monoisotopic (exact) mass is 317 g/mol. The molecule has 1 fully saturated rings. The van der Waals surface area contributed by atoms with Crippen molar-refractivity contribution in [3.63, 3.8) is 0 Å². The van der Waals surface area contributed by atoms with Crippen LogP contribution in [0.5, 0.6) is 0 Å². The molecule has 2 heterocycles. The van der Waals surface area contributed by atoms with Crippen molar-refractivity contribution in [3.05, 3.63) is 40.4 Å². The van der Waals surface area contributed by atoms with E-state index in [-0.39, 0.29) is 17.2 Å². The second-order valence-electron chi connectivity index (χ2n) is 5.78. The molecule has 1 aromatic carbocycles. The average molecular weight is 317 g/mol. The number of rotatable bonds is 2. The van der Waals surface area contributed by atoms with E-state index >= 15 is 0 Å². The summed E-state index contributed by atoms with van der Waals surface area (Å²) in [4.78, 5) is 27.1. The molecule has 5 nitrogen and oxygen atoms in total. The molecule has 0 atom stereocenters. The van der Waals surface area contributed by atoms with Crippen LogP contribution in [0.25, 0.3) is 10.9 Å². The van der Waals surface area contributed by atoms with E-state index in [2.05, 4.69) is 0 Å². The largest absolute Gasteiger partial charge is 0.366 e. The highest BCUT2D eigenvalue weighted by molar-refractivity contribution is 5.83. The lowest BCUT2D eigenvalue weighted by Crippen LogP contribution is -2.48. The van der Waals surface area contributed by atoms with Gasteiger partial charge in [-0.2, -0.15) is 0 Å². The van der Waals surface area contributed by atoms with E-state index in [0.717, 1.165) is 5.52 Å². The zero-order valence-electron chi connectivity index (χ0n) is 13.4. The van der Waals surface area contributed by atoms with Gasteiger partial charge in [0.2, 0.25) is 5.91 Å². The SMILES string of the molecule is CCn1ccc(=O)c2cc(F)c(N3CCN(C(C)=O)CC3)cc21. The van der Waals surface area contributed by atoms with Gasteiger partial charge in [-0.3, -0.25) is 9.59 Å². The molecule has 1 saturated heterocycles. The van der Waals surface area contributed by atoms with Gasteiger partial charge >= 0.3 is 0 Å². The number of nitrogens with zero attached hydrogens (tertiary/aromatic N) is 3. The Hall–Kier alpha value is -2.37. The third-order valence-electron chi connectivity index (χ3n) is 4.45. The van der Waals surface area contributed by atoms with E-state index in [9.17, 15) is 14.0 Å². The lowest BCUT2D eigenvalue weighted by atomic mass is 10.1. The predicted molar refractivity (Wildman–Crippen MR) is 88.3 cm³/mol. The lowest BCUT2D eigenvalue weighted by Gasteiger charge is -2.35. The molecule has 0 bridgehead atoms. The average Bonchev–Trinajstić information content (AvgIpc) is 2.55. The fourth-order valence-electron chi connectivity index (χ4n) is 3.09. The Bertz CT molecular complexity index is 807. The van der Waals surface area contributed by atoms with Gasteiger partial charge in [-0.15, -0.1) is 0 Å². The number of carbonyl (C=O) groups excluding carboxylic acids is 1. The topological polar surface area (TPSA) is 45.6 Å². The molecule has 23 heavy (non-hydrogen) atoms. The molecule has 122 valence electrons. The van der Waals surface area contributed by atoms with Gasteiger partial charge in [0.1, 0.15) is 5.82 Å². The number of hydrogen-bond acceptors (Lipinski definition) is 3. The number of carbonyl (C=O) groups is 1. The quantitative estimate of drug-likeness (QED) is 0.849. The second kappa shape index (κ2) is 6.02. The number of aryl methyl sites for hydroxylation is 1. The fourth-order valence-corrected chi connectivity index (χ4v) is 3.09. The lowest BCUT2D eigenvalue weighted by molar-refractivity contribution is -0.129. The van der Waals surface area contributed by atoms with Gasteiger partial charge in [0, 0.05) is 57.3 Å². The summed E-state index contributed by atoms with van der Waals surface area (Å²) in [6.45, 7) is 6.59. The van der Waals surface area contributed by atoms with Gasteiger partial charge < -0.3 is 14.4 Å². The molecule has 0 spiro atoms. The van der Waals surface area contributed by atoms with Crippen LogP contribution < -0.4 is 10.3 Å². The highest BCUT2D eigenvalue weighted by Crippen LogP contribution is 2.25. The zero-order chi connectivity index (χ0) is 16.6. The van der Waals surface area contributed by atoms with Crippen LogP contribution in [-0.4, -0.2) is 41.6 Å². The highest BCUT2D eigenvalue weighted by atomic mass is 19.1. The van der Waals surface area contributed by atoms with Gasteiger partial charge in [0.25, 0.3) is 0 Å². The Morgan fingerprint density at radius 1 is 1.22 bits per heavy atom. The summed E-state index contributed by atoms with van der Waals surface area (Å²) < 4.78 is 16.4. The fraction of sp³-hybridized carbons (Fsp3) is 0.412. The van der Waals surface area contributed by atoms with Crippen molar-refractivity contribution in [1.29, 1.82) is 0 Å². The number of amides is 1. The Labute approximate surface area is 133 Å². The molecule has 0 unspecified atom stereocenters. The molecule has 0 saturated carbocycles. The van der Waals surface area contributed by atoms with Crippen LogP contribution in [0.15, 0.2) is 29.2 Å². The van der Waals surface area contributed by atoms with Crippen LogP contribution in [0.2, 0.25) is 0 Å². The first-order valence-electron chi connectivity index (χ1n) is 7.84. The summed E-state index contributed by atoms with van der Waals surface area (Å²) in [5.74, 6) is -0.344. The number of aromatic nitrogens is 1. The third-order valence-corrected chi connectivity index (χ3v) is 4.45. The van der Waals surface area contributed by atoms with Crippen molar-refractivity contribution in [1.82, 2.24) is 9.47 Å². The Morgan fingerprint density at radius 3 is 2.52 bits per heavy atom. The molecule has 3 rings (SSSR count). The smallest absolute Gasteiger partial charge is 0.219 e. The number of pyridine rings is 1. The standard InChI is InChI=1S/C17H20FN3O2/c1-3-19-5-4-17(23)13-10-14(18)16(11-15(13)19)21-8-6-20(7-9-21)12(2)22/h4-5,10-11H,3,6-9H2,1-2H3. The number of piperazine rings is 1. The van der Waals surface area contributed by atoms with E-state index in [4.69, 9.17) is 0 Å². The summed E-state index contributed by atoms with van der Waals surface area (Å²) >= 11 is 0. The minimum atomic E-state index is -0.389. The number of anilines is 1. The van der Waals surface area contributed by atoms with Gasteiger partial charge in [-0.05, 0) is 19.1 Å². The van der Waals surface area contributed by atoms with E-state index in [1.807, 2.05) is 16.4 Å². The second-order valence-corrected chi connectivity index (χ2v) is 5.78. The predicted octanol–water partition coefficient (Wildman–Crippen LogP) is 1.83. The van der Waals surface area contributed by atoms with Crippen molar-refractivity contribution >= 4 is 22.5 Å². The molecule has 0 aliphatic carbocycles. The number of benzene rings is 1. The van der Waals surface area contributed by atoms with Crippen molar-refractivity contribution < 1.29 is 9.18 Å². The molecule has 1 aliphatic rings. The number of fused-ring (bicyclic) bond motifs is 1. The first-order chi connectivity index (χ1) is 11.0. The summed E-state index contributed by atoms with van der Waals surface area (Å²) in [6, 6.07) is 4.55. The summed E-state index contributed by atoms with van der Waals surface area (Å²) in [7, 11) is 0. The molecule has 0 radical (unpaired) electrons. The maximum absolute atomic E-state index is 14.5. The molecule has 1 aromatic heterocycles. The molecular formula is C17H20FN3O2. The minimum Gasteiger partial charge on any atom is -0.366 e. The maximum atomic E-state index is 14.5. The third kappa shape index (κ3) is 2.81. The Balaban J connectivity index is 2.00. The molecule has 1 aliphatic heterocycles. The first-order valence-corrected chi connectivity index (χ1v) is 7.84. The van der Waals surface area contributed by atoms with Crippen LogP contribution in [0.1, 0.15) is 13.8 Å². The van der Waals surface area contributed by atoms with Crippen LogP contribution >= 0.6 is 0 Å². The Kier molecular flexibility index (Phi) is 4.07. The molecule has 1 amide bonds. The zero-order valence-corrected chi connectivity index (χ0v) is 13.4. The Morgan fingerprint density at radius 2 is 1.91 bits per heavy atom. The van der Waals surface area contributed by atoms with Gasteiger partial charge in [0.05, 0.1) is 11.2 Å². The molecule has 0 N–H and O–H groups in total. The minimum absolute atomic E-state index is 0.0449. The van der Waals surface area contributed by atoms with E-state index < -0.39 is 0 Å². The summed E-state index contributed by atoms with van der Waals surface area (Å²) in [5, 5.41) is 0.401. The van der Waals surface area contributed by atoms with Gasteiger partial charge in [-0.25, -0.2) is 4.39 Å². The van der Waals surface area contributed by atoms with Crippen LogP contribution in [0.3, 0.4) is 0 Å². The van der Waals surface area contributed by atoms with Crippen LogP contribution in [0, 0.1) is 5.82 Å². The van der Waals surface area contributed by atoms with Gasteiger partial charge in [0.15, 0.2) is 5.43 Å². The normalized spacial score (nSPS) is 15.3. The van der Waals surface area contributed by atoms with E-state index in [1.165, 1.54) is 12.1 Å². The number of hydrogen-bond donors (Lipinski definition) is 0. The van der Waals surface area contributed by atoms with Crippen molar-refractivity contribution in [2.45, 2.75) is 20.4 Å². The van der Waals surface area contributed by atoms with Crippen molar-refractivity contribution in [2.24, 2.45) is 0 Å². The highest BCUT2D eigenvalue weighted by Gasteiger charge is 2.21. The summed E-state index contributed by atoms with van der Waals surface area (Å²) in [5.41, 5.74) is 1.07. The molecule has 2 aromatic rings. The van der Waals surface area contributed by atoms with E-state index in [0.29, 0.717) is 43.8 Å². The van der Waals surface area contributed by atoms with Gasteiger partial charge in [-0.1, -0.05) is 0 Å². The first kappa shape index (κ1) is 15.5. The van der Waals surface area contributed by atoms with Crippen LogP contribution in [-0.2, 0) is 11.3 Å².